The Morgan fingerprint density at radius 1 is 1.19 bits per heavy atom. The lowest BCUT2D eigenvalue weighted by Gasteiger charge is -2.27. The number of nitro benzene ring substituents is 1. The summed E-state index contributed by atoms with van der Waals surface area (Å²) in [6.45, 7) is 3.90. The minimum atomic E-state index is -0.830. The van der Waals surface area contributed by atoms with E-state index in [-0.39, 0.29) is 17.9 Å². The number of nitrogens with zero attached hydrogens (tertiary/aromatic N) is 3. The first-order valence-electron chi connectivity index (χ1n) is 13.2. The third-order valence-electron chi connectivity index (χ3n) is 6.64. The number of thiazole rings is 1. The highest BCUT2D eigenvalue weighted by Gasteiger charge is 2.36. The van der Waals surface area contributed by atoms with Crippen LogP contribution in [0, 0.1) is 10.1 Å². The number of hydrogen-bond donors (Lipinski definition) is 0. The van der Waals surface area contributed by atoms with Gasteiger partial charge in [-0.25, -0.2) is 9.79 Å². The van der Waals surface area contributed by atoms with Crippen molar-refractivity contribution in [3.63, 3.8) is 0 Å². The number of carbonyl (C=O) groups excluding carboxylic acids is 1. The summed E-state index contributed by atoms with van der Waals surface area (Å²) < 4.78 is 19.7. The van der Waals surface area contributed by atoms with Gasteiger partial charge in [-0.05, 0) is 55.8 Å². The maximum Gasteiger partial charge on any atom is 0.338 e. The number of aromatic nitrogens is 1. The Labute approximate surface area is 252 Å². The van der Waals surface area contributed by atoms with E-state index in [1.54, 1.807) is 43.3 Å². The Balaban J connectivity index is 1.67. The van der Waals surface area contributed by atoms with Crippen LogP contribution in [0.1, 0.15) is 44.1 Å². The molecule has 0 saturated carbocycles. The minimum absolute atomic E-state index is 0.0205. The molecule has 1 aliphatic rings. The summed E-state index contributed by atoms with van der Waals surface area (Å²) in [5.41, 5.74) is 1.77. The van der Waals surface area contributed by atoms with E-state index in [2.05, 4.69) is 15.9 Å². The van der Waals surface area contributed by atoms with Gasteiger partial charge < -0.3 is 13.9 Å². The van der Waals surface area contributed by atoms with E-state index in [1.807, 2.05) is 19.1 Å². The van der Waals surface area contributed by atoms with Gasteiger partial charge in [0.05, 0.1) is 34.4 Å². The first kappa shape index (κ1) is 29.2. The number of allylic oxidation sites excluding steroid dienone is 1. The Bertz CT molecular complexity index is 1890. The summed E-state index contributed by atoms with van der Waals surface area (Å²) in [5, 5.41) is 11.0. The summed E-state index contributed by atoms with van der Waals surface area (Å²) in [4.78, 5) is 43.1. The van der Waals surface area contributed by atoms with Crippen molar-refractivity contribution in [2.75, 3.05) is 13.7 Å². The highest BCUT2D eigenvalue weighted by Crippen LogP contribution is 2.38. The monoisotopic (exact) mass is 651 g/mol. The van der Waals surface area contributed by atoms with Crippen LogP contribution in [0.15, 0.2) is 84.5 Å². The average molecular weight is 653 g/mol. The van der Waals surface area contributed by atoms with Crippen LogP contribution in [-0.4, -0.2) is 29.2 Å². The molecule has 0 fully saturated rings. The summed E-state index contributed by atoms with van der Waals surface area (Å²) in [7, 11) is 1.54. The highest BCUT2D eigenvalue weighted by atomic mass is 79.9. The summed E-state index contributed by atoms with van der Waals surface area (Å²) in [5.74, 6) is 0.889. The molecule has 0 aliphatic carbocycles. The molecule has 10 nitrogen and oxygen atoms in total. The van der Waals surface area contributed by atoms with E-state index in [4.69, 9.17) is 18.9 Å². The molecule has 12 heteroatoms. The zero-order valence-electron chi connectivity index (χ0n) is 23.0. The maximum atomic E-state index is 14.0. The van der Waals surface area contributed by atoms with Gasteiger partial charge >= 0.3 is 5.97 Å². The lowest BCUT2D eigenvalue weighted by Crippen LogP contribution is -2.40. The Kier molecular flexibility index (Phi) is 8.55. The zero-order chi connectivity index (χ0) is 30.0. The number of carbonyl (C=O) groups is 1. The SMILES string of the molecule is CCCC1=C(C(=O)OCC)[C@H](c2cc(Br)ccc2OC)n2c(s/c(=C/c3ccc(-c4ccc([N+](=O)[O-])cc4)o3)c2=O)=N1. The van der Waals surface area contributed by atoms with Crippen molar-refractivity contribution in [1.29, 1.82) is 0 Å². The van der Waals surface area contributed by atoms with Crippen LogP contribution < -0.4 is 19.6 Å². The van der Waals surface area contributed by atoms with E-state index in [1.165, 1.54) is 35.1 Å². The molecule has 2 aromatic carbocycles. The molecule has 1 atom stereocenters. The Hall–Kier alpha value is -4.29. The van der Waals surface area contributed by atoms with Crippen molar-refractivity contribution >= 4 is 45.0 Å². The Morgan fingerprint density at radius 3 is 2.62 bits per heavy atom. The van der Waals surface area contributed by atoms with Gasteiger partial charge in [-0.3, -0.25) is 19.5 Å². The molecule has 0 amide bonds. The van der Waals surface area contributed by atoms with Gasteiger partial charge in [-0.1, -0.05) is 40.6 Å². The first-order chi connectivity index (χ1) is 20.2. The number of methoxy groups -OCH3 is 1. The first-order valence-corrected chi connectivity index (χ1v) is 14.8. The van der Waals surface area contributed by atoms with Gasteiger partial charge in [0.15, 0.2) is 4.80 Å². The van der Waals surface area contributed by atoms with E-state index >= 15 is 0 Å². The standard InChI is InChI=1S/C30H26BrN3O7S/c1-4-6-22-26(29(36)40-5-2)27(21-15-18(31)9-13-24(21)39-3)33-28(35)25(42-30(33)32-22)16-20-12-14-23(41-20)17-7-10-19(11-8-17)34(37)38/h7-16,27H,4-6H2,1-3H3/b25-16+/t27-/m0/s1. The number of nitro groups is 1. The number of rotatable bonds is 9. The van der Waals surface area contributed by atoms with Crippen molar-refractivity contribution < 1.29 is 23.6 Å². The number of fused-ring (bicyclic) bond motifs is 1. The summed E-state index contributed by atoms with van der Waals surface area (Å²) in [6.07, 6.45) is 2.88. The van der Waals surface area contributed by atoms with Gasteiger partial charge in [-0.2, -0.15) is 0 Å². The van der Waals surface area contributed by atoms with Crippen molar-refractivity contribution in [3.8, 4) is 17.1 Å². The second kappa shape index (κ2) is 12.3. The van der Waals surface area contributed by atoms with Crippen molar-refractivity contribution in [2.24, 2.45) is 4.99 Å². The largest absolute Gasteiger partial charge is 0.496 e. The highest BCUT2D eigenvalue weighted by molar-refractivity contribution is 9.10. The summed E-state index contributed by atoms with van der Waals surface area (Å²) >= 11 is 4.71. The second-order valence-electron chi connectivity index (χ2n) is 9.31. The Morgan fingerprint density at radius 2 is 1.95 bits per heavy atom. The number of furan rings is 1. The number of hydrogen-bond acceptors (Lipinski definition) is 9. The lowest BCUT2D eigenvalue weighted by molar-refractivity contribution is -0.384. The van der Waals surface area contributed by atoms with Gasteiger partial charge in [0.1, 0.15) is 23.3 Å². The van der Waals surface area contributed by atoms with Crippen molar-refractivity contribution in [2.45, 2.75) is 32.7 Å². The zero-order valence-corrected chi connectivity index (χ0v) is 25.4. The van der Waals surface area contributed by atoms with Gasteiger partial charge in [0.2, 0.25) is 0 Å². The molecule has 3 heterocycles. The molecule has 0 saturated heterocycles. The number of esters is 1. The van der Waals surface area contributed by atoms with Gasteiger partial charge in [-0.15, -0.1) is 0 Å². The average Bonchev–Trinajstić information content (AvgIpc) is 3.57. The predicted molar refractivity (Wildman–Crippen MR) is 161 cm³/mol. The second-order valence-corrected chi connectivity index (χ2v) is 11.2. The number of ether oxygens (including phenoxy) is 2. The third kappa shape index (κ3) is 5.59. The fourth-order valence-electron chi connectivity index (χ4n) is 4.80. The fraction of sp³-hybridized carbons (Fsp3) is 0.233. The van der Waals surface area contributed by atoms with Crippen LogP contribution in [0.2, 0.25) is 0 Å². The normalized spacial score (nSPS) is 14.9. The number of halogens is 1. The molecule has 1 aliphatic heterocycles. The van der Waals surface area contributed by atoms with Crippen LogP contribution in [0.3, 0.4) is 0 Å². The molecule has 0 spiro atoms. The van der Waals surface area contributed by atoms with Crippen LogP contribution in [0.5, 0.6) is 5.75 Å². The van der Waals surface area contributed by atoms with Crippen LogP contribution in [-0.2, 0) is 9.53 Å². The molecule has 216 valence electrons. The van der Waals surface area contributed by atoms with Crippen LogP contribution >= 0.6 is 27.3 Å². The van der Waals surface area contributed by atoms with Crippen molar-refractivity contribution in [1.82, 2.24) is 4.57 Å². The van der Waals surface area contributed by atoms with Crippen LogP contribution in [0.25, 0.3) is 17.4 Å². The maximum absolute atomic E-state index is 14.0. The minimum Gasteiger partial charge on any atom is -0.496 e. The third-order valence-corrected chi connectivity index (χ3v) is 8.12. The molecule has 4 aromatic rings. The molecular weight excluding hydrogens is 626 g/mol. The quantitative estimate of drug-likeness (QED) is 0.133. The molecular formula is C30H26BrN3O7S. The molecule has 0 radical (unpaired) electrons. The van der Waals surface area contributed by atoms with Crippen molar-refractivity contribution in [3.05, 3.63) is 111 Å². The van der Waals surface area contributed by atoms with E-state index < -0.39 is 16.9 Å². The topological polar surface area (TPSA) is 126 Å². The smallest absolute Gasteiger partial charge is 0.338 e. The molecule has 0 unspecified atom stereocenters. The molecule has 42 heavy (non-hydrogen) atoms. The summed E-state index contributed by atoms with van der Waals surface area (Å²) in [6, 6.07) is 14.1. The van der Waals surface area contributed by atoms with E-state index in [0.717, 1.165) is 10.9 Å². The molecule has 5 rings (SSSR count). The van der Waals surface area contributed by atoms with E-state index in [9.17, 15) is 19.7 Å². The van der Waals surface area contributed by atoms with Crippen LogP contribution in [0.4, 0.5) is 5.69 Å². The molecule has 2 aromatic heterocycles. The molecule has 0 bridgehead atoms. The van der Waals surface area contributed by atoms with Gasteiger partial charge in [0, 0.05) is 33.8 Å². The number of benzene rings is 2. The molecule has 0 N–H and O–H groups in total. The number of non-ortho nitro benzene ring substituents is 1. The fourth-order valence-corrected chi connectivity index (χ4v) is 6.17. The van der Waals surface area contributed by atoms with E-state index in [0.29, 0.717) is 55.4 Å². The predicted octanol–water partition coefficient (Wildman–Crippen LogP) is 5.52. The van der Waals surface area contributed by atoms with Gasteiger partial charge in [0.25, 0.3) is 11.2 Å². The lowest BCUT2D eigenvalue weighted by atomic mass is 9.93.